The molecule has 122 valence electrons. The molecular formula is C17H13ClN3O3-. The Morgan fingerprint density at radius 1 is 1.25 bits per heavy atom. The highest BCUT2D eigenvalue weighted by Gasteiger charge is 2.11. The average Bonchev–Trinajstić information content (AvgIpc) is 2.88. The lowest BCUT2D eigenvalue weighted by Gasteiger charge is -2.04. The minimum absolute atomic E-state index is 0.0511. The molecule has 0 saturated heterocycles. The first-order valence-electron chi connectivity index (χ1n) is 7.25. The Kier molecular flexibility index (Phi) is 4.22. The number of aromatic nitrogens is 1. The molecule has 3 aromatic rings. The van der Waals surface area contributed by atoms with E-state index in [0.29, 0.717) is 0 Å². The van der Waals surface area contributed by atoms with Crippen LogP contribution in [0.1, 0.15) is 22.8 Å². The number of rotatable bonds is 4. The number of H-pyrrole nitrogens is 1. The van der Waals surface area contributed by atoms with Crippen LogP contribution in [0.4, 0.5) is 11.4 Å². The number of azo groups is 1. The smallest absolute Gasteiger partial charge is 0.218 e. The summed E-state index contributed by atoms with van der Waals surface area (Å²) in [6, 6.07) is 9.73. The molecular weight excluding hydrogens is 330 g/mol. The van der Waals surface area contributed by atoms with Crippen molar-refractivity contribution in [1.82, 2.24) is 4.98 Å². The highest BCUT2D eigenvalue weighted by molar-refractivity contribution is 6.33. The zero-order chi connectivity index (χ0) is 17.3. The number of hydrogen-bond donors (Lipinski definition) is 2. The molecule has 0 saturated carbocycles. The number of aryl methyl sites for hydroxylation is 1. The van der Waals surface area contributed by atoms with Gasteiger partial charge in [-0.25, -0.2) is 0 Å². The molecule has 2 aromatic carbocycles. The van der Waals surface area contributed by atoms with Crippen molar-refractivity contribution in [2.24, 2.45) is 10.2 Å². The Morgan fingerprint density at radius 2 is 2.04 bits per heavy atom. The molecule has 7 heteroatoms. The molecule has 0 aliphatic carbocycles. The first kappa shape index (κ1) is 16.0. The number of nitrogens with zero attached hydrogens (tertiary/aromatic N) is 2. The van der Waals surface area contributed by atoms with Gasteiger partial charge in [0.2, 0.25) is 5.88 Å². The molecule has 1 aromatic heterocycles. The van der Waals surface area contributed by atoms with Gasteiger partial charge >= 0.3 is 0 Å². The van der Waals surface area contributed by atoms with Gasteiger partial charge in [0.15, 0.2) is 5.69 Å². The maximum absolute atomic E-state index is 10.9. The number of nitrogens with one attached hydrogen (secondary N) is 1. The number of aromatic carboxylic acids is 1. The van der Waals surface area contributed by atoms with Crippen LogP contribution in [0.25, 0.3) is 10.9 Å². The normalized spacial score (nSPS) is 11.4. The molecule has 0 spiro atoms. The highest BCUT2D eigenvalue weighted by atomic mass is 35.5. The fourth-order valence-corrected chi connectivity index (χ4v) is 2.51. The van der Waals surface area contributed by atoms with E-state index >= 15 is 0 Å². The van der Waals surface area contributed by atoms with Crippen molar-refractivity contribution in [2.75, 3.05) is 0 Å². The Morgan fingerprint density at radius 3 is 2.75 bits per heavy atom. The maximum Gasteiger partial charge on any atom is 0.218 e. The van der Waals surface area contributed by atoms with Crippen LogP contribution in [0, 0.1) is 0 Å². The van der Waals surface area contributed by atoms with Crippen molar-refractivity contribution in [3.63, 3.8) is 0 Å². The van der Waals surface area contributed by atoms with Gasteiger partial charge in [-0.15, -0.1) is 10.2 Å². The van der Waals surface area contributed by atoms with Gasteiger partial charge in [-0.1, -0.05) is 30.7 Å². The van der Waals surface area contributed by atoms with Gasteiger partial charge in [-0.3, -0.25) is 0 Å². The van der Waals surface area contributed by atoms with E-state index in [4.69, 9.17) is 11.6 Å². The third kappa shape index (κ3) is 2.96. The average molecular weight is 343 g/mol. The topological polar surface area (TPSA) is 101 Å². The predicted molar refractivity (Wildman–Crippen MR) is 89.3 cm³/mol. The highest BCUT2D eigenvalue weighted by Crippen LogP contribution is 2.37. The number of aromatic amines is 1. The second-order valence-corrected chi connectivity index (χ2v) is 5.62. The summed E-state index contributed by atoms with van der Waals surface area (Å²) in [5, 5.41) is 30.0. The molecule has 2 N–H and O–H groups in total. The van der Waals surface area contributed by atoms with E-state index < -0.39 is 5.97 Å². The molecule has 1 heterocycles. The van der Waals surface area contributed by atoms with Gasteiger partial charge in [0, 0.05) is 5.39 Å². The third-order valence-corrected chi connectivity index (χ3v) is 3.98. The largest absolute Gasteiger partial charge is 0.545 e. The molecule has 3 rings (SSSR count). The fraction of sp³-hybridized carbons (Fsp3) is 0.118. The van der Waals surface area contributed by atoms with Gasteiger partial charge in [-0.05, 0) is 41.8 Å². The summed E-state index contributed by atoms with van der Waals surface area (Å²) < 4.78 is 0. The summed E-state index contributed by atoms with van der Waals surface area (Å²) in [7, 11) is 0. The van der Waals surface area contributed by atoms with Crippen molar-refractivity contribution in [1.29, 1.82) is 0 Å². The Hall–Kier alpha value is -2.86. The van der Waals surface area contributed by atoms with E-state index in [1.807, 2.05) is 25.1 Å². The first-order chi connectivity index (χ1) is 11.5. The number of carboxylic acids is 1. The van der Waals surface area contributed by atoms with Crippen LogP contribution >= 0.6 is 11.6 Å². The quantitative estimate of drug-likeness (QED) is 0.703. The lowest BCUT2D eigenvalue weighted by molar-refractivity contribution is -0.255. The van der Waals surface area contributed by atoms with Gasteiger partial charge in [0.05, 0.1) is 16.5 Å². The molecule has 0 unspecified atom stereocenters. The van der Waals surface area contributed by atoms with Crippen LogP contribution in [0.15, 0.2) is 46.6 Å². The van der Waals surface area contributed by atoms with Crippen LogP contribution in [0.3, 0.4) is 0 Å². The monoisotopic (exact) mass is 342 g/mol. The van der Waals surface area contributed by atoms with Crippen molar-refractivity contribution in [3.05, 3.63) is 52.5 Å². The summed E-state index contributed by atoms with van der Waals surface area (Å²) >= 11 is 6.01. The Labute approximate surface area is 142 Å². The second-order valence-electron chi connectivity index (χ2n) is 5.21. The summed E-state index contributed by atoms with van der Waals surface area (Å²) in [6.07, 6.45) is 0.845. The molecule has 0 atom stereocenters. The summed E-state index contributed by atoms with van der Waals surface area (Å²) in [5.74, 6) is -1.44. The fourth-order valence-electron chi connectivity index (χ4n) is 2.35. The van der Waals surface area contributed by atoms with Gasteiger partial charge in [-0.2, -0.15) is 0 Å². The number of fused-ring (bicyclic) bond motifs is 1. The predicted octanol–water partition coefficient (Wildman–Crippen LogP) is 3.87. The van der Waals surface area contributed by atoms with E-state index in [1.54, 1.807) is 0 Å². The first-order valence-corrected chi connectivity index (χ1v) is 7.63. The number of carboxylic acid groups (broad SMARTS) is 1. The van der Waals surface area contributed by atoms with Gasteiger partial charge in [0.1, 0.15) is 5.69 Å². The zero-order valence-electron chi connectivity index (χ0n) is 12.7. The number of halogens is 1. The molecule has 0 aliphatic rings. The maximum atomic E-state index is 10.9. The van der Waals surface area contributed by atoms with E-state index in [1.165, 1.54) is 18.2 Å². The van der Waals surface area contributed by atoms with Crippen molar-refractivity contribution < 1.29 is 15.0 Å². The van der Waals surface area contributed by atoms with E-state index in [9.17, 15) is 15.0 Å². The Bertz CT molecular complexity index is 963. The van der Waals surface area contributed by atoms with E-state index in [0.717, 1.165) is 22.9 Å². The molecule has 0 aliphatic heterocycles. The van der Waals surface area contributed by atoms with E-state index in [2.05, 4.69) is 15.2 Å². The van der Waals surface area contributed by atoms with Crippen LogP contribution in [0.5, 0.6) is 5.88 Å². The number of benzene rings is 2. The van der Waals surface area contributed by atoms with E-state index in [-0.39, 0.29) is 27.8 Å². The van der Waals surface area contributed by atoms with Crippen molar-refractivity contribution in [3.8, 4) is 5.88 Å². The van der Waals surface area contributed by atoms with Gasteiger partial charge in [0.25, 0.3) is 0 Å². The number of carbonyl (C=O) groups is 1. The van der Waals surface area contributed by atoms with Crippen LogP contribution < -0.4 is 5.11 Å². The van der Waals surface area contributed by atoms with Crippen molar-refractivity contribution >= 4 is 39.8 Å². The Balaban J connectivity index is 2.06. The lowest BCUT2D eigenvalue weighted by Crippen LogP contribution is -2.21. The second kappa shape index (κ2) is 6.33. The summed E-state index contributed by atoms with van der Waals surface area (Å²) in [5.41, 5.74) is 2.22. The lowest BCUT2D eigenvalue weighted by atomic mass is 10.1. The third-order valence-electron chi connectivity index (χ3n) is 3.66. The molecule has 0 radical (unpaired) electrons. The van der Waals surface area contributed by atoms with Crippen molar-refractivity contribution in [2.45, 2.75) is 13.3 Å². The standard InChI is InChI=1S/C17H14ClN3O3/c1-2-9-3-6-13-11(7-9)15(16(22)19-13)21-20-14-8-10(17(23)24)4-5-12(14)18/h3-8,19,22H,2H2,1H3,(H,23,24)/p-1. The number of hydrogen-bond acceptors (Lipinski definition) is 5. The van der Waals surface area contributed by atoms with Crippen LogP contribution in [-0.2, 0) is 6.42 Å². The molecule has 24 heavy (non-hydrogen) atoms. The summed E-state index contributed by atoms with van der Waals surface area (Å²) in [6.45, 7) is 2.03. The minimum Gasteiger partial charge on any atom is -0.545 e. The van der Waals surface area contributed by atoms with Gasteiger partial charge < -0.3 is 20.0 Å². The molecule has 6 nitrogen and oxygen atoms in total. The molecule has 0 bridgehead atoms. The molecule has 0 amide bonds. The summed E-state index contributed by atoms with van der Waals surface area (Å²) in [4.78, 5) is 13.7. The number of carbonyl (C=O) groups excluding carboxylic acids is 1. The zero-order valence-corrected chi connectivity index (χ0v) is 13.5. The SMILES string of the molecule is CCc1ccc2[nH]c(O)c(N=Nc3cc(C(=O)[O-])ccc3Cl)c2c1. The number of aromatic hydroxyl groups is 1. The van der Waals surface area contributed by atoms with Crippen LogP contribution in [-0.4, -0.2) is 16.1 Å². The van der Waals surface area contributed by atoms with Crippen LogP contribution in [0.2, 0.25) is 5.02 Å². The minimum atomic E-state index is -1.33. The molecule has 0 fully saturated rings.